The number of methoxy groups -OCH3 is 1. The lowest BCUT2D eigenvalue weighted by Crippen LogP contribution is -2.46. The maximum Gasteiger partial charge on any atom is 0.246 e. The first kappa shape index (κ1) is 61.5. The SMILES string of the molecule is COc1ccc(C(NCCCC[C@H](NC(=O)COCC(=O)NCCOCCOCCOCCOCCOCCOCCOCCOCCN=[N+]=[N-])C(=O)Nc2ccc(C)cc2)(c2ccccc2)c2ccccc2)cc1. The van der Waals surface area contributed by atoms with E-state index in [9.17, 15) is 14.4 Å². The summed E-state index contributed by atoms with van der Waals surface area (Å²) in [6.07, 6.45) is 1.67. The van der Waals surface area contributed by atoms with Crippen LogP contribution in [0.25, 0.3) is 10.4 Å². The lowest BCUT2D eigenvalue weighted by Gasteiger charge is -2.37. The van der Waals surface area contributed by atoms with E-state index >= 15 is 0 Å². The predicted octanol–water partition coefficient (Wildman–Crippen LogP) is 5.75. The molecule has 0 aliphatic rings. The van der Waals surface area contributed by atoms with E-state index in [-0.39, 0.29) is 25.7 Å². The quantitative estimate of drug-likeness (QED) is 0.0136. The smallest absolute Gasteiger partial charge is 0.246 e. The van der Waals surface area contributed by atoms with Gasteiger partial charge in [-0.25, -0.2) is 0 Å². The van der Waals surface area contributed by atoms with Gasteiger partial charge >= 0.3 is 0 Å². The van der Waals surface area contributed by atoms with Crippen LogP contribution in [0.1, 0.15) is 41.5 Å². The van der Waals surface area contributed by atoms with Gasteiger partial charge in [-0.3, -0.25) is 19.7 Å². The number of benzene rings is 4. The summed E-state index contributed by atoms with van der Waals surface area (Å²) in [5.41, 5.74) is 12.4. The summed E-state index contributed by atoms with van der Waals surface area (Å²) in [4.78, 5) is 41.9. The third-order valence-electron chi connectivity index (χ3n) is 11.3. The molecule has 0 fully saturated rings. The normalized spacial score (nSPS) is 11.7. The lowest BCUT2D eigenvalue weighted by atomic mass is 9.77. The molecule has 75 heavy (non-hydrogen) atoms. The highest BCUT2D eigenvalue weighted by molar-refractivity contribution is 5.97. The number of unbranched alkanes of at least 4 members (excludes halogenated alkanes) is 1. The molecule has 0 saturated carbocycles. The Morgan fingerprint density at radius 2 is 1.01 bits per heavy atom. The molecule has 410 valence electrons. The van der Waals surface area contributed by atoms with Crippen LogP contribution in [0.15, 0.2) is 114 Å². The van der Waals surface area contributed by atoms with Gasteiger partial charge in [0.15, 0.2) is 0 Å². The molecule has 0 aromatic heterocycles. The highest BCUT2D eigenvalue weighted by Gasteiger charge is 2.36. The molecule has 20 nitrogen and oxygen atoms in total. The minimum Gasteiger partial charge on any atom is -0.497 e. The summed E-state index contributed by atoms with van der Waals surface area (Å²) in [6, 6.07) is 35.3. The van der Waals surface area contributed by atoms with Gasteiger partial charge in [-0.1, -0.05) is 95.6 Å². The zero-order valence-electron chi connectivity index (χ0n) is 43.6. The molecule has 3 amide bonds. The molecule has 0 radical (unpaired) electrons. The van der Waals surface area contributed by atoms with Gasteiger partial charge < -0.3 is 63.3 Å². The van der Waals surface area contributed by atoms with Crippen LogP contribution < -0.4 is 26.0 Å². The summed E-state index contributed by atoms with van der Waals surface area (Å²) in [7, 11) is 1.65. The highest BCUT2D eigenvalue weighted by atomic mass is 16.6. The Labute approximate surface area is 441 Å². The number of nitrogens with one attached hydrogen (secondary N) is 4. The number of carbonyl (C=O) groups excluding carboxylic acids is 3. The number of ether oxygens (including phenoxy) is 10. The van der Waals surface area contributed by atoms with Gasteiger partial charge in [0.1, 0.15) is 25.0 Å². The molecule has 4 aromatic rings. The number of amides is 3. The second-order valence-corrected chi connectivity index (χ2v) is 16.8. The molecule has 1 atom stereocenters. The third-order valence-corrected chi connectivity index (χ3v) is 11.3. The molecule has 0 heterocycles. The number of hydrogen-bond acceptors (Lipinski definition) is 15. The minimum atomic E-state index is -0.852. The fourth-order valence-electron chi connectivity index (χ4n) is 7.49. The van der Waals surface area contributed by atoms with Crippen molar-refractivity contribution in [3.63, 3.8) is 0 Å². The number of azide groups is 1. The van der Waals surface area contributed by atoms with Crippen molar-refractivity contribution in [1.29, 1.82) is 0 Å². The van der Waals surface area contributed by atoms with Gasteiger partial charge in [-0.15, -0.1) is 0 Å². The summed E-state index contributed by atoms with van der Waals surface area (Å²) in [5, 5.41) is 15.7. The largest absolute Gasteiger partial charge is 0.497 e. The summed E-state index contributed by atoms with van der Waals surface area (Å²) >= 11 is 0. The van der Waals surface area contributed by atoms with Crippen molar-refractivity contribution in [3.05, 3.63) is 142 Å². The number of rotatable bonds is 44. The number of nitrogens with zero attached hydrogens (tertiary/aromatic N) is 3. The Balaban J connectivity index is 1.05. The van der Waals surface area contributed by atoms with Crippen LogP contribution in [0.2, 0.25) is 0 Å². The minimum absolute atomic E-state index is 0.251. The van der Waals surface area contributed by atoms with Gasteiger partial charge in [0.25, 0.3) is 0 Å². The Kier molecular flexibility index (Phi) is 32.3. The van der Waals surface area contributed by atoms with E-state index in [0.717, 1.165) is 28.0 Å². The zero-order chi connectivity index (χ0) is 53.3. The van der Waals surface area contributed by atoms with Gasteiger partial charge in [0, 0.05) is 23.7 Å². The predicted molar refractivity (Wildman–Crippen MR) is 284 cm³/mol. The highest BCUT2D eigenvalue weighted by Crippen LogP contribution is 2.37. The molecule has 0 saturated heterocycles. The Morgan fingerprint density at radius 1 is 0.547 bits per heavy atom. The average molecular weight is 1040 g/mol. The molecule has 20 heteroatoms. The van der Waals surface area contributed by atoms with Gasteiger partial charge in [0.2, 0.25) is 17.7 Å². The van der Waals surface area contributed by atoms with Crippen molar-refractivity contribution in [3.8, 4) is 5.75 Å². The molecule has 0 unspecified atom stereocenters. The number of anilines is 1. The Bertz CT molecular complexity index is 2130. The van der Waals surface area contributed by atoms with Gasteiger partial charge in [-0.2, -0.15) is 0 Å². The topological polar surface area (TPSA) is 240 Å². The maximum atomic E-state index is 13.6. The fourth-order valence-corrected chi connectivity index (χ4v) is 7.49. The van der Waals surface area contributed by atoms with E-state index in [2.05, 4.69) is 67.7 Å². The lowest BCUT2D eigenvalue weighted by molar-refractivity contribution is -0.133. The van der Waals surface area contributed by atoms with Gasteiger partial charge in [0.05, 0.1) is 118 Å². The van der Waals surface area contributed by atoms with Crippen LogP contribution in [-0.2, 0) is 62.6 Å². The van der Waals surface area contributed by atoms with Crippen LogP contribution >= 0.6 is 0 Å². The number of hydrogen-bond donors (Lipinski definition) is 4. The monoisotopic (exact) mass is 1040 g/mol. The van der Waals surface area contributed by atoms with Crippen molar-refractivity contribution in [1.82, 2.24) is 16.0 Å². The van der Waals surface area contributed by atoms with E-state index in [0.29, 0.717) is 137 Å². The van der Waals surface area contributed by atoms with Crippen molar-refractivity contribution < 1.29 is 61.8 Å². The Hall–Kier alpha value is -6.00. The average Bonchev–Trinajstić information content (AvgIpc) is 3.43. The third kappa shape index (κ3) is 25.9. The second kappa shape index (κ2) is 39.4. The summed E-state index contributed by atoms with van der Waals surface area (Å²) in [5.74, 6) is -0.507. The van der Waals surface area contributed by atoms with Crippen LogP contribution in [0.3, 0.4) is 0 Å². The molecule has 4 N–H and O–H groups in total. The van der Waals surface area contributed by atoms with Crippen LogP contribution in [0.5, 0.6) is 5.75 Å². The molecular weight excluding hydrogens is 967 g/mol. The molecule has 4 rings (SSSR count). The molecule has 0 bridgehead atoms. The Morgan fingerprint density at radius 3 is 1.51 bits per heavy atom. The molecule has 4 aromatic carbocycles. The van der Waals surface area contributed by atoms with E-state index in [4.69, 9.17) is 52.9 Å². The van der Waals surface area contributed by atoms with Crippen molar-refractivity contribution in [2.75, 3.05) is 151 Å². The fraction of sp³-hybridized carbons (Fsp3) is 0.509. The van der Waals surface area contributed by atoms with Crippen LogP contribution in [-0.4, -0.2) is 169 Å². The second-order valence-electron chi connectivity index (χ2n) is 16.8. The van der Waals surface area contributed by atoms with Gasteiger partial charge in [-0.05, 0) is 79.2 Å². The van der Waals surface area contributed by atoms with Crippen molar-refractivity contribution in [2.24, 2.45) is 5.11 Å². The van der Waals surface area contributed by atoms with E-state index < -0.39 is 30.0 Å². The molecular formula is C55H77N7O13. The maximum absolute atomic E-state index is 13.6. The summed E-state index contributed by atoms with van der Waals surface area (Å²) < 4.78 is 54.5. The summed E-state index contributed by atoms with van der Waals surface area (Å²) in [6.45, 7) is 9.03. The van der Waals surface area contributed by atoms with E-state index in [1.165, 1.54) is 0 Å². The first-order valence-electron chi connectivity index (χ1n) is 25.5. The first-order valence-corrected chi connectivity index (χ1v) is 25.5. The van der Waals surface area contributed by atoms with E-state index in [1.54, 1.807) is 7.11 Å². The van der Waals surface area contributed by atoms with Crippen LogP contribution in [0, 0.1) is 6.92 Å². The van der Waals surface area contributed by atoms with Crippen LogP contribution in [0.4, 0.5) is 5.69 Å². The first-order chi connectivity index (χ1) is 36.8. The molecule has 0 aliphatic carbocycles. The molecule has 0 aliphatic heterocycles. The van der Waals surface area contributed by atoms with E-state index in [1.807, 2.05) is 79.7 Å². The molecule has 0 spiro atoms. The number of aryl methyl sites for hydroxylation is 1. The zero-order valence-corrected chi connectivity index (χ0v) is 43.6. The standard InChI is InChI=1S/C55H77N7O13/c1-45-16-20-49(21-17-45)60-54(65)51(15-9-10-24-58-55(46-11-5-3-6-12-46,47-13-7-4-8-14-47)48-18-22-50(66-2)23-19-48)61-53(64)44-75-43-52(63)57-25-27-67-29-31-69-33-35-71-37-39-73-41-42-74-40-38-72-36-34-70-32-30-68-28-26-59-62-56/h3-8,11-14,16-23,51,58H,9-10,15,24-44H2,1-2H3,(H,57,63)(H,60,65)(H,61,64)/t51-/m0/s1. The number of carbonyl (C=O) groups is 3. The van der Waals surface area contributed by atoms with Crippen molar-refractivity contribution in [2.45, 2.75) is 37.8 Å². The van der Waals surface area contributed by atoms with Crippen molar-refractivity contribution >= 4 is 23.4 Å².